The van der Waals surface area contributed by atoms with E-state index in [0.29, 0.717) is 23.1 Å². The number of nitrogen functional groups attached to an aromatic ring is 1. The van der Waals surface area contributed by atoms with Gasteiger partial charge in [-0.1, -0.05) is 29.4 Å². The molecule has 172 valence electrons. The molecule has 5 aromatic rings. The molecule has 3 heterocycles. The Bertz CT molecular complexity index is 1510. The lowest BCUT2D eigenvalue weighted by atomic mass is 10.0. The van der Waals surface area contributed by atoms with Crippen molar-refractivity contribution in [2.45, 2.75) is 39.8 Å². The third-order valence-corrected chi connectivity index (χ3v) is 5.76. The topological polar surface area (TPSA) is 116 Å². The Labute approximate surface area is 197 Å². The Morgan fingerprint density at radius 2 is 1.76 bits per heavy atom. The number of nitrogens with zero attached hydrogens (tertiary/aromatic N) is 5. The number of aromatic nitrogens is 5. The fourth-order valence-corrected chi connectivity index (χ4v) is 4.20. The summed E-state index contributed by atoms with van der Waals surface area (Å²) in [5, 5.41) is 13.5. The lowest BCUT2D eigenvalue weighted by Gasteiger charge is -2.25. The monoisotopic (exact) mass is 454 g/mol. The van der Waals surface area contributed by atoms with Gasteiger partial charge in [-0.15, -0.1) is 0 Å². The number of aliphatic hydroxyl groups is 1. The number of fused-ring (bicyclic) bond motifs is 1. The summed E-state index contributed by atoms with van der Waals surface area (Å²) in [6.07, 6.45) is 1.71. The number of hydrogen-bond acceptors (Lipinski definition) is 7. The highest BCUT2D eigenvalue weighted by molar-refractivity contribution is 5.88. The van der Waals surface area contributed by atoms with Gasteiger partial charge >= 0.3 is 0 Å². The van der Waals surface area contributed by atoms with Crippen molar-refractivity contribution >= 4 is 16.9 Å². The zero-order chi connectivity index (χ0) is 24.0. The van der Waals surface area contributed by atoms with Crippen molar-refractivity contribution in [2.75, 3.05) is 5.73 Å². The average Bonchev–Trinajstić information content (AvgIpc) is 3.42. The number of imidazole rings is 1. The third-order valence-electron chi connectivity index (χ3n) is 5.76. The van der Waals surface area contributed by atoms with Gasteiger partial charge in [-0.05, 0) is 57.5 Å². The molecule has 8 heteroatoms. The normalized spacial score (nSPS) is 11.9. The summed E-state index contributed by atoms with van der Waals surface area (Å²) < 4.78 is 7.72. The van der Waals surface area contributed by atoms with E-state index in [1.165, 1.54) is 0 Å². The molecule has 0 aliphatic rings. The van der Waals surface area contributed by atoms with E-state index < -0.39 is 0 Å². The molecule has 3 N–H and O–H groups in total. The molecular weight excluding hydrogens is 428 g/mol. The van der Waals surface area contributed by atoms with Gasteiger partial charge < -0.3 is 19.9 Å². The van der Waals surface area contributed by atoms with E-state index in [1.54, 1.807) is 13.1 Å². The summed E-state index contributed by atoms with van der Waals surface area (Å²) >= 11 is 0. The molecule has 0 aliphatic carbocycles. The van der Waals surface area contributed by atoms with E-state index in [0.717, 1.165) is 39.1 Å². The molecule has 0 spiro atoms. The van der Waals surface area contributed by atoms with Crippen LogP contribution in [0, 0.1) is 6.92 Å². The standard InChI is InChI=1S/C26H26N6O2/c1-15-29-25(34-31-15)20-8-6-5-7-19(20)24-30-21-12-16(9-10-22(21)32(24)26(2,3)4)17-11-18(14-33)23(27)28-13-17/h5-13,33H,14H2,1-4H3,(H2,27,28). The molecule has 0 unspecified atom stereocenters. The summed E-state index contributed by atoms with van der Waals surface area (Å²) in [5.41, 5.74) is 11.6. The SMILES string of the molecule is Cc1noc(-c2ccccc2-c2nc3cc(-c4cnc(N)c(CO)c4)ccc3n2C(C)(C)C)n1. The second kappa shape index (κ2) is 8.07. The molecule has 0 aliphatic heterocycles. The van der Waals surface area contributed by atoms with Crippen molar-refractivity contribution in [3.05, 3.63) is 66.1 Å². The smallest absolute Gasteiger partial charge is 0.258 e. The summed E-state index contributed by atoms with van der Waals surface area (Å²) in [6, 6.07) is 15.9. The van der Waals surface area contributed by atoms with E-state index in [2.05, 4.69) is 46.5 Å². The largest absolute Gasteiger partial charge is 0.392 e. The van der Waals surface area contributed by atoms with E-state index >= 15 is 0 Å². The van der Waals surface area contributed by atoms with Crippen LogP contribution in [0.5, 0.6) is 0 Å². The number of pyridine rings is 1. The van der Waals surface area contributed by atoms with Crippen LogP contribution in [-0.2, 0) is 12.1 Å². The predicted molar refractivity (Wildman–Crippen MR) is 132 cm³/mol. The van der Waals surface area contributed by atoms with E-state index in [4.69, 9.17) is 15.2 Å². The van der Waals surface area contributed by atoms with Crippen LogP contribution in [0.25, 0.3) is 45.0 Å². The summed E-state index contributed by atoms with van der Waals surface area (Å²) in [4.78, 5) is 13.7. The second-order valence-electron chi connectivity index (χ2n) is 9.26. The number of rotatable bonds is 4. The average molecular weight is 455 g/mol. The van der Waals surface area contributed by atoms with Gasteiger partial charge in [0, 0.05) is 28.4 Å². The molecule has 0 radical (unpaired) electrons. The highest BCUT2D eigenvalue weighted by Crippen LogP contribution is 2.37. The van der Waals surface area contributed by atoms with Gasteiger partial charge in [0.2, 0.25) is 0 Å². The van der Waals surface area contributed by atoms with Crippen molar-refractivity contribution in [3.63, 3.8) is 0 Å². The minimum Gasteiger partial charge on any atom is -0.392 e. The Kier molecular flexibility index (Phi) is 5.17. The number of nitrogens with two attached hydrogens (primary N) is 1. The zero-order valence-corrected chi connectivity index (χ0v) is 19.6. The first-order chi connectivity index (χ1) is 16.3. The molecular formula is C26H26N6O2. The van der Waals surface area contributed by atoms with Gasteiger partial charge in [-0.3, -0.25) is 0 Å². The molecule has 0 atom stereocenters. The molecule has 34 heavy (non-hydrogen) atoms. The fourth-order valence-electron chi connectivity index (χ4n) is 4.20. The number of aliphatic hydroxyl groups excluding tert-OH is 1. The fraction of sp³-hybridized carbons (Fsp3) is 0.231. The lowest BCUT2D eigenvalue weighted by Crippen LogP contribution is -2.22. The van der Waals surface area contributed by atoms with Crippen molar-refractivity contribution in [2.24, 2.45) is 0 Å². The zero-order valence-electron chi connectivity index (χ0n) is 19.6. The van der Waals surface area contributed by atoms with Gasteiger partial charge in [0.25, 0.3) is 5.89 Å². The third kappa shape index (κ3) is 3.72. The number of anilines is 1. The maximum absolute atomic E-state index is 9.59. The molecule has 0 bridgehead atoms. The van der Waals surface area contributed by atoms with Crippen LogP contribution in [0.4, 0.5) is 5.82 Å². The highest BCUT2D eigenvalue weighted by Gasteiger charge is 2.25. The van der Waals surface area contributed by atoms with Crippen LogP contribution >= 0.6 is 0 Å². The van der Waals surface area contributed by atoms with Gasteiger partial charge in [-0.25, -0.2) is 9.97 Å². The van der Waals surface area contributed by atoms with Crippen molar-refractivity contribution in [1.29, 1.82) is 0 Å². The van der Waals surface area contributed by atoms with Gasteiger partial charge in [-0.2, -0.15) is 4.98 Å². The maximum atomic E-state index is 9.59. The van der Waals surface area contributed by atoms with Crippen LogP contribution in [0.1, 0.15) is 32.2 Å². The lowest BCUT2D eigenvalue weighted by molar-refractivity contribution is 0.282. The van der Waals surface area contributed by atoms with Crippen LogP contribution in [0.3, 0.4) is 0 Å². The Balaban J connectivity index is 1.73. The molecule has 0 saturated carbocycles. The van der Waals surface area contributed by atoms with E-state index in [1.807, 2.05) is 42.5 Å². The summed E-state index contributed by atoms with van der Waals surface area (Å²) in [5.74, 6) is 2.20. The first-order valence-electron chi connectivity index (χ1n) is 11.0. The molecule has 0 fully saturated rings. The quantitative estimate of drug-likeness (QED) is 0.394. The van der Waals surface area contributed by atoms with E-state index in [9.17, 15) is 5.11 Å². The van der Waals surface area contributed by atoms with Gasteiger partial charge in [0.05, 0.1) is 23.2 Å². The summed E-state index contributed by atoms with van der Waals surface area (Å²) in [7, 11) is 0. The van der Waals surface area contributed by atoms with Crippen LogP contribution in [0.2, 0.25) is 0 Å². The Morgan fingerprint density at radius 3 is 2.44 bits per heavy atom. The van der Waals surface area contributed by atoms with Gasteiger partial charge in [0.15, 0.2) is 5.82 Å². The molecule has 2 aromatic carbocycles. The van der Waals surface area contributed by atoms with Crippen LogP contribution in [-0.4, -0.2) is 29.8 Å². The highest BCUT2D eigenvalue weighted by atomic mass is 16.5. The van der Waals surface area contributed by atoms with Crippen molar-refractivity contribution in [1.82, 2.24) is 24.7 Å². The van der Waals surface area contributed by atoms with Gasteiger partial charge in [0.1, 0.15) is 11.6 Å². The summed E-state index contributed by atoms with van der Waals surface area (Å²) in [6.45, 7) is 8.10. The number of hydrogen-bond donors (Lipinski definition) is 2. The van der Waals surface area contributed by atoms with E-state index in [-0.39, 0.29) is 12.1 Å². The molecule has 3 aromatic heterocycles. The minimum atomic E-state index is -0.240. The number of benzene rings is 2. The molecule has 0 amide bonds. The molecule has 5 rings (SSSR count). The van der Waals surface area contributed by atoms with Crippen molar-refractivity contribution < 1.29 is 9.63 Å². The van der Waals surface area contributed by atoms with Crippen molar-refractivity contribution in [3.8, 4) is 34.0 Å². The number of aryl methyl sites for hydroxylation is 1. The first kappa shape index (κ1) is 21.8. The molecule has 0 saturated heterocycles. The molecule has 8 nitrogen and oxygen atoms in total. The van der Waals surface area contributed by atoms with Crippen LogP contribution in [0.15, 0.2) is 59.3 Å². The second-order valence-corrected chi connectivity index (χ2v) is 9.26. The predicted octanol–water partition coefficient (Wildman–Crippen LogP) is 4.95. The Morgan fingerprint density at radius 1 is 1.00 bits per heavy atom. The first-order valence-corrected chi connectivity index (χ1v) is 11.0. The minimum absolute atomic E-state index is 0.163. The maximum Gasteiger partial charge on any atom is 0.258 e. The van der Waals surface area contributed by atoms with Crippen LogP contribution < -0.4 is 5.73 Å². The Hall–Kier alpha value is -4.04.